The van der Waals surface area contributed by atoms with Gasteiger partial charge in [0.05, 0.1) is 45.5 Å². The van der Waals surface area contributed by atoms with E-state index in [1.807, 2.05) is 89.5 Å². The minimum Gasteiger partial charge on any atom is -0.456 e. The predicted octanol–water partition coefficient (Wildman–Crippen LogP) is 13.1. The van der Waals surface area contributed by atoms with Crippen LogP contribution in [0.5, 0.6) is 0 Å². The quantitative estimate of drug-likeness (QED) is 0.184. The van der Waals surface area contributed by atoms with E-state index in [0.29, 0.717) is 27.6 Å². The van der Waals surface area contributed by atoms with Gasteiger partial charge in [-0.3, -0.25) is 0 Å². The van der Waals surface area contributed by atoms with Crippen molar-refractivity contribution in [3.63, 3.8) is 0 Å². The summed E-state index contributed by atoms with van der Waals surface area (Å²) in [5.41, 5.74) is 8.54. The highest BCUT2D eigenvalue weighted by Crippen LogP contribution is 2.41. The Morgan fingerprint density at radius 3 is 1.94 bits per heavy atom. The molecule has 0 radical (unpaired) electrons. The number of fused-ring (bicyclic) bond motifs is 9. The summed E-state index contributed by atoms with van der Waals surface area (Å²) < 4.78 is 87.0. The van der Waals surface area contributed by atoms with Crippen molar-refractivity contribution in [2.24, 2.45) is 0 Å². The number of aromatic nitrogens is 2. The number of hydrogen-bond donors (Lipinski definition) is 0. The molecule has 0 atom stereocenters. The maximum absolute atomic E-state index is 8.99. The van der Waals surface area contributed by atoms with Gasteiger partial charge in [0.2, 0.25) is 0 Å². The van der Waals surface area contributed by atoms with E-state index in [-0.39, 0.29) is 53.9 Å². The number of benzene rings is 8. The van der Waals surface area contributed by atoms with Gasteiger partial charge in [-0.2, -0.15) is 0 Å². The molecular formula is C48H30N2O. The molecule has 51 heavy (non-hydrogen) atoms. The van der Waals surface area contributed by atoms with E-state index in [1.165, 1.54) is 0 Å². The first-order valence-electron chi connectivity index (χ1n) is 21.2. The largest absolute Gasteiger partial charge is 0.456 e. The first kappa shape index (κ1) is 20.6. The van der Waals surface area contributed by atoms with Crippen molar-refractivity contribution >= 4 is 65.6 Å². The Bertz CT molecular complexity index is 3650. The van der Waals surface area contributed by atoms with E-state index in [1.54, 1.807) is 6.07 Å². The van der Waals surface area contributed by atoms with Crippen LogP contribution in [0.25, 0.3) is 99.2 Å². The summed E-state index contributed by atoms with van der Waals surface area (Å²) in [5.74, 6) is 0. The molecule has 0 aliphatic carbocycles. The highest BCUT2D eigenvalue weighted by atomic mass is 16.3. The lowest BCUT2D eigenvalue weighted by molar-refractivity contribution is 0.669. The van der Waals surface area contributed by atoms with Crippen LogP contribution in [0.15, 0.2) is 186 Å². The molecule has 0 aliphatic rings. The molecule has 8 aromatic carbocycles. The minimum absolute atomic E-state index is 0.0658. The van der Waals surface area contributed by atoms with Crippen molar-refractivity contribution in [3.8, 4) is 33.6 Å². The van der Waals surface area contributed by atoms with Crippen LogP contribution in [0.2, 0.25) is 0 Å². The zero-order valence-corrected chi connectivity index (χ0v) is 26.9. The third-order valence-corrected chi connectivity index (χ3v) is 9.92. The second-order valence-corrected chi connectivity index (χ2v) is 12.7. The van der Waals surface area contributed by atoms with Crippen molar-refractivity contribution in [3.05, 3.63) is 182 Å². The smallest absolute Gasteiger partial charge is 0.137 e. The van der Waals surface area contributed by atoms with E-state index < -0.39 is 6.04 Å². The van der Waals surface area contributed by atoms with Crippen LogP contribution >= 0.6 is 0 Å². The highest BCUT2D eigenvalue weighted by Gasteiger charge is 2.20. The lowest BCUT2D eigenvalue weighted by atomic mass is 9.98. The maximum Gasteiger partial charge on any atom is 0.137 e. The standard InChI is InChI=1S/C48H30N2O/c1-2-12-31(13-3-1)32-14-10-15-33(28-32)34-24-27-46-40(29-34)48-45(22-11-23-47(48)51-46)50-43-21-9-6-18-38(43)39-30-35(25-26-44(39)50)49-41-19-7-4-16-36(41)37-17-5-8-20-42(37)49/h1-30H/i1D,2D,3D,4D,7D,12D,13D,16D,19D. The molecule has 0 bridgehead atoms. The SMILES string of the molecule is [2H]c1c([2H])c([2H])c(-c2cccc(-c3ccc4oc5cccc(-n6c7ccccc7c7cc(-n8c9ccccc9c9c([2H])c([2H])c([2H])c([2H])c98)ccc76)c5c4c3)c2)c([2H])c1[2H]. The molecule has 3 aromatic heterocycles. The molecule has 3 nitrogen and oxygen atoms in total. The summed E-state index contributed by atoms with van der Waals surface area (Å²) >= 11 is 0. The second kappa shape index (κ2) is 10.8. The normalized spacial score (nSPS) is 14.4. The summed E-state index contributed by atoms with van der Waals surface area (Å²) in [6, 6.07) is 39.0. The molecule has 11 aromatic rings. The van der Waals surface area contributed by atoms with E-state index in [2.05, 4.69) is 41.0 Å². The van der Waals surface area contributed by atoms with Gasteiger partial charge in [-0.15, -0.1) is 0 Å². The Morgan fingerprint density at radius 1 is 0.392 bits per heavy atom. The Labute approximate surface area is 306 Å². The average Bonchev–Trinajstić information content (AvgIpc) is 3.94. The van der Waals surface area contributed by atoms with Crippen molar-refractivity contribution in [2.75, 3.05) is 0 Å². The van der Waals surface area contributed by atoms with Gasteiger partial charge in [0.15, 0.2) is 0 Å². The number of furan rings is 1. The van der Waals surface area contributed by atoms with Crippen LogP contribution < -0.4 is 0 Å². The van der Waals surface area contributed by atoms with E-state index in [0.717, 1.165) is 66.0 Å². The van der Waals surface area contributed by atoms with E-state index in [4.69, 9.17) is 16.8 Å². The lowest BCUT2D eigenvalue weighted by Crippen LogP contribution is -1.96. The molecule has 0 N–H and O–H groups in total. The summed E-state index contributed by atoms with van der Waals surface area (Å²) in [6.07, 6.45) is 0. The molecule has 0 saturated heterocycles. The lowest BCUT2D eigenvalue weighted by Gasteiger charge is -2.11. The molecule has 238 valence electrons. The summed E-state index contributed by atoms with van der Waals surface area (Å²) in [6.45, 7) is 0. The molecule has 0 spiro atoms. The van der Waals surface area contributed by atoms with Crippen LogP contribution in [0, 0.1) is 0 Å². The maximum atomic E-state index is 8.99. The summed E-state index contributed by atoms with van der Waals surface area (Å²) in [4.78, 5) is 0. The molecule has 0 fully saturated rings. The second-order valence-electron chi connectivity index (χ2n) is 12.7. The fraction of sp³-hybridized carbons (Fsp3) is 0. The van der Waals surface area contributed by atoms with Gasteiger partial charge in [-0.1, -0.05) is 115 Å². The third kappa shape index (κ3) is 4.19. The first-order valence-corrected chi connectivity index (χ1v) is 16.7. The Balaban J connectivity index is 1.12. The molecule has 0 saturated carbocycles. The average molecular weight is 660 g/mol. The first-order chi connectivity index (χ1) is 29.0. The van der Waals surface area contributed by atoms with Crippen LogP contribution in [0.1, 0.15) is 12.3 Å². The molecule has 0 unspecified atom stereocenters. The number of nitrogens with zero attached hydrogens (tertiary/aromatic N) is 2. The fourth-order valence-electron chi connectivity index (χ4n) is 7.72. The highest BCUT2D eigenvalue weighted by molar-refractivity contribution is 6.16. The number of hydrogen-bond acceptors (Lipinski definition) is 1. The number of para-hydroxylation sites is 3. The van der Waals surface area contributed by atoms with Crippen LogP contribution in [0.3, 0.4) is 0 Å². The molecule has 11 rings (SSSR count). The molecular weight excluding hydrogens is 621 g/mol. The van der Waals surface area contributed by atoms with Gasteiger partial charge in [0.1, 0.15) is 11.2 Å². The van der Waals surface area contributed by atoms with Gasteiger partial charge < -0.3 is 13.6 Å². The van der Waals surface area contributed by atoms with Gasteiger partial charge >= 0.3 is 0 Å². The van der Waals surface area contributed by atoms with Gasteiger partial charge in [0.25, 0.3) is 0 Å². The van der Waals surface area contributed by atoms with Crippen LogP contribution in [0.4, 0.5) is 0 Å². The molecule has 3 heteroatoms. The van der Waals surface area contributed by atoms with Crippen molar-refractivity contribution in [1.82, 2.24) is 9.13 Å². The minimum atomic E-state index is -0.428. The van der Waals surface area contributed by atoms with Crippen molar-refractivity contribution in [1.29, 1.82) is 0 Å². The third-order valence-electron chi connectivity index (χ3n) is 9.92. The van der Waals surface area contributed by atoms with E-state index >= 15 is 0 Å². The summed E-state index contributed by atoms with van der Waals surface area (Å²) in [7, 11) is 0. The monoisotopic (exact) mass is 659 g/mol. The van der Waals surface area contributed by atoms with E-state index in [9.17, 15) is 0 Å². The Kier molecular flexibility index (Phi) is 4.38. The van der Waals surface area contributed by atoms with Crippen LogP contribution in [-0.4, -0.2) is 9.13 Å². The molecule has 0 aliphatic heterocycles. The van der Waals surface area contributed by atoms with Gasteiger partial charge in [0, 0.05) is 32.6 Å². The zero-order valence-electron chi connectivity index (χ0n) is 35.9. The van der Waals surface area contributed by atoms with Crippen molar-refractivity contribution in [2.45, 2.75) is 0 Å². The molecule has 3 heterocycles. The topological polar surface area (TPSA) is 23.0 Å². The van der Waals surface area contributed by atoms with Gasteiger partial charge in [-0.25, -0.2) is 0 Å². The van der Waals surface area contributed by atoms with Gasteiger partial charge in [-0.05, 0) is 89.0 Å². The fourth-order valence-corrected chi connectivity index (χ4v) is 7.72. The Morgan fingerprint density at radius 2 is 1.08 bits per heavy atom. The summed E-state index contributed by atoms with van der Waals surface area (Å²) in [5, 5.41) is 4.99. The Hall–Kier alpha value is -6.84. The predicted molar refractivity (Wildman–Crippen MR) is 213 cm³/mol. The number of rotatable bonds is 4. The van der Waals surface area contributed by atoms with Crippen molar-refractivity contribution < 1.29 is 16.8 Å². The molecule has 0 amide bonds. The van der Waals surface area contributed by atoms with Crippen LogP contribution in [-0.2, 0) is 0 Å². The zero-order chi connectivity index (χ0) is 41.3.